The zero-order chi connectivity index (χ0) is 23.1. The van der Waals surface area contributed by atoms with Gasteiger partial charge in [-0.05, 0) is 91.1 Å². The topological polar surface area (TPSA) is 13.1 Å². The van der Waals surface area contributed by atoms with Crippen LogP contribution in [0.15, 0.2) is 42.6 Å². The number of aryl methyl sites for hydroxylation is 4. The Balaban J connectivity index is 1.60. The minimum Gasteiger partial charge on any atom is -0.455 e. The molecule has 33 heavy (non-hydrogen) atoms. The maximum Gasteiger partial charge on any atom is 0.228 e. The number of ether oxygens (including phenoxy) is 1. The van der Waals surface area contributed by atoms with Crippen LogP contribution in [0, 0.1) is 26.2 Å². The lowest BCUT2D eigenvalue weighted by Crippen LogP contribution is -2.32. The second kappa shape index (κ2) is 7.06. The van der Waals surface area contributed by atoms with Crippen molar-refractivity contribution in [1.29, 1.82) is 0 Å². The number of rotatable bonds is 1. The number of nitrogens with zero attached hydrogens (tertiary/aromatic N) is 1. The van der Waals surface area contributed by atoms with Gasteiger partial charge in [-0.25, -0.2) is 4.57 Å². The van der Waals surface area contributed by atoms with Crippen molar-refractivity contribution in [2.75, 3.05) is 0 Å². The molecule has 1 aromatic heterocycles. The molecular weight excluding hydrogens is 402 g/mol. The first-order chi connectivity index (χ1) is 15.7. The molecule has 6 rings (SSSR count). The fourth-order valence-electron chi connectivity index (χ4n) is 6.27. The number of fused-ring (bicyclic) bond motifs is 3. The molecule has 1 aliphatic carbocycles. The van der Waals surface area contributed by atoms with Crippen LogP contribution in [0.25, 0.3) is 32.8 Å². The molecule has 4 aromatic rings. The lowest BCUT2D eigenvalue weighted by molar-refractivity contribution is -0.659. The van der Waals surface area contributed by atoms with Crippen molar-refractivity contribution >= 4 is 21.5 Å². The number of hydrogen-bond acceptors (Lipinski definition) is 1. The monoisotopic (exact) mass is 436 g/mol. The second-order valence-corrected chi connectivity index (χ2v) is 11.3. The molecule has 3 aromatic carbocycles. The Morgan fingerprint density at radius 2 is 1.67 bits per heavy atom. The molecule has 0 amide bonds. The Kier molecular flexibility index (Phi) is 4.43. The molecule has 2 aliphatic rings. The zero-order valence-electron chi connectivity index (χ0n) is 20.8. The van der Waals surface area contributed by atoms with Crippen LogP contribution in [-0.2, 0) is 7.05 Å². The summed E-state index contributed by atoms with van der Waals surface area (Å²) in [6, 6.07) is 13.9. The van der Waals surface area contributed by atoms with Crippen LogP contribution in [0.3, 0.4) is 0 Å². The largest absolute Gasteiger partial charge is 0.455 e. The molecule has 0 spiro atoms. The van der Waals surface area contributed by atoms with E-state index in [4.69, 9.17) is 4.74 Å². The van der Waals surface area contributed by atoms with E-state index in [1.54, 1.807) is 0 Å². The third-order valence-corrected chi connectivity index (χ3v) is 8.41. The average molecular weight is 437 g/mol. The minimum atomic E-state index is 0.478. The SMILES string of the molecule is Cc1ccc2c(C)c3c(c(C)c2c1)Oc1cc(C2CCC(C)(C)CC2)cc2cc[n+](C)c-3c12. The molecule has 1 aliphatic heterocycles. The van der Waals surface area contributed by atoms with Crippen LogP contribution in [0.5, 0.6) is 11.5 Å². The molecule has 0 bridgehead atoms. The van der Waals surface area contributed by atoms with E-state index in [1.165, 1.54) is 80.7 Å². The van der Waals surface area contributed by atoms with E-state index in [1.807, 2.05) is 0 Å². The standard InChI is InChI=1S/C31H34NO/c1-18-7-8-24-19(2)27-29-28-22(11-14-32(29)6)16-23(21-9-12-31(4,5)13-10-21)17-26(28)33-30(27)20(3)25(24)15-18/h7-8,11,14-17,21H,9-10,12-13H2,1-6H3/q+1. The van der Waals surface area contributed by atoms with Gasteiger partial charge in [0.05, 0.1) is 10.9 Å². The number of hydrogen-bond donors (Lipinski definition) is 0. The number of pyridine rings is 1. The Labute approximate surface area is 197 Å². The highest BCUT2D eigenvalue weighted by Gasteiger charge is 2.34. The first-order valence-electron chi connectivity index (χ1n) is 12.4. The highest BCUT2D eigenvalue weighted by atomic mass is 16.5. The molecule has 2 nitrogen and oxygen atoms in total. The fraction of sp³-hybridized carbons (Fsp3) is 0.387. The normalized spacial score (nSPS) is 17.3. The Morgan fingerprint density at radius 1 is 0.909 bits per heavy atom. The van der Waals surface area contributed by atoms with E-state index in [-0.39, 0.29) is 0 Å². The van der Waals surface area contributed by atoms with Crippen LogP contribution >= 0.6 is 0 Å². The van der Waals surface area contributed by atoms with Crippen molar-refractivity contribution in [2.24, 2.45) is 12.5 Å². The van der Waals surface area contributed by atoms with E-state index in [0.717, 1.165) is 11.5 Å². The van der Waals surface area contributed by atoms with Gasteiger partial charge < -0.3 is 4.74 Å². The van der Waals surface area contributed by atoms with Crippen LogP contribution in [0.2, 0.25) is 0 Å². The molecule has 1 fully saturated rings. The van der Waals surface area contributed by atoms with Crippen molar-refractivity contribution < 1.29 is 9.30 Å². The first-order valence-corrected chi connectivity index (χ1v) is 12.4. The molecule has 168 valence electrons. The van der Waals surface area contributed by atoms with Crippen LogP contribution in [0.1, 0.15) is 67.7 Å². The summed E-state index contributed by atoms with van der Waals surface area (Å²) in [5.74, 6) is 2.69. The molecular formula is C31H34NO+. The lowest BCUT2D eigenvalue weighted by Gasteiger charge is -2.35. The summed E-state index contributed by atoms with van der Waals surface area (Å²) in [5.41, 5.74) is 8.28. The van der Waals surface area contributed by atoms with Crippen molar-refractivity contribution in [3.8, 4) is 22.8 Å². The second-order valence-electron chi connectivity index (χ2n) is 11.3. The van der Waals surface area contributed by atoms with Crippen molar-refractivity contribution in [3.05, 3.63) is 64.8 Å². The average Bonchev–Trinajstić information content (AvgIpc) is 2.79. The van der Waals surface area contributed by atoms with Crippen LogP contribution in [0.4, 0.5) is 0 Å². The highest BCUT2D eigenvalue weighted by molar-refractivity contribution is 6.06. The van der Waals surface area contributed by atoms with Crippen LogP contribution < -0.4 is 9.30 Å². The predicted molar refractivity (Wildman–Crippen MR) is 137 cm³/mol. The van der Waals surface area contributed by atoms with Gasteiger partial charge in [0.2, 0.25) is 5.69 Å². The fourth-order valence-corrected chi connectivity index (χ4v) is 6.27. The first kappa shape index (κ1) is 20.7. The lowest BCUT2D eigenvalue weighted by atomic mass is 9.71. The van der Waals surface area contributed by atoms with E-state index in [0.29, 0.717) is 11.3 Å². The minimum absolute atomic E-state index is 0.478. The smallest absolute Gasteiger partial charge is 0.228 e. The van der Waals surface area contributed by atoms with Gasteiger partial charge in [0.25, 0.3) is 0 Å². The van der Waals surface area contributed by atoms with E-state index in [9.17, 15) is 0 Å². The molecule has 2 heterocycles. The summed E-state index contributed by atoms with van der Waals surface area (Å²) in [7, 11) is 2.17. The van der Waals surface area contributed by atoms with Gasteiger partial charge in [0.1, 0.15) is 18.5 Å². The highest BCUT2D eigenvalue weighted by Crippen LogP contribution is 2.52. The summed E-state index contributed by atoms with van der Waals surface area (Å²) >= 11 is 0. The van der Waals surface area contributed by atoms with Crippen LogP contribution in [-0.4, -0.2) is 0 Å². The van der Waals surface area contributed by atoms with Gasteiger partial charge in [-0.2, -0.15) is 0 Å². The maximum absolute atomic E-state index is 6.82. The predicted octanol–water partition coefficient (Wildman–Crippen LogP) is 8.20. The van der Waals surface area contributed by atoms with Gasteiger partial charge in [0.15, 0.2) is 6.20 Å². The summed E-state index contributed by atoms with van der Waals surface area (Å²) in [6.45, 7) is 11.5. The van der Waals surface area contributed by atoms with Gasteiger partial charge in [-0.3, -0.25) is 0 Å². The summed E-state index contributed by atoms with van der Waals surface area (Å²) in [4.78, 5) is 0. The third kappa shape index (κ3) is 3.10. The maximum atomic E-state index is 6.82. The summed E-state index contributed by atoms with van der Waals surface area (Å²) < 4.78 is 9.10. The number of benzene rings is 3. The van der Waals surface area contributed by atoms with Gasteiger partial charge in [-0.1, -0.05) is 43.7 Å². The van der Waals surface area contributed by atoms with Crippen molar-refractivity contribution in [3.63, 3.8) is 0 Å². The van der Waals surface area contributed by atoms with Crippen molar-refractivity contribution in [1.82, 2.24) is 0 Å². The molecule has 0 N–H and O–H groups in total. The third-order valence-electron chi connectivity index (χ3n) is 8.41. The molecule has 2 heteroatoms. The van der Waals surface area contributed by atoms with E-state index < -0.39 is 0 Å². The molecule has 0 radical (unpaired) electrons. The zero-order valence-corrected chi connectivity index (χ0v) is 20.8. The van der Waals surface area contributed by atoms with E-state index >= 15 is 0 Å². The Bertz CT molecular complexity index is 1450. The molecule has 0 unspecified atom stereocenters. The van der Waals surface area contributed by atoms with Gasteiger partial charge >= 0.3 is 0 Å². The molecule has 0 saturated heterocycles. The van der Waals surface area contributed by atoms with Gasteiger partial charge in [0, 0.05) is 11.6 Å². The van der Waals surface area contributed by atoms with Crippen molar-refractivity contribution in [2.45, 2.75) is 66.2 Å². The summed E-state index contributed by atoms with van der Waals surface area (Å²) in [6.07, 6.45) is 7.35. The molecule has 0 atom stereocenters. The summed E-state index contributed by atoms with van der Waals surface area (Å²) in [5, 5.41) is 5.17. The Hall–Kier alpha value is -2.87. The quantitative estimate of drug-likeness (QED) is 0.241. The number of aromatic nitrogens is 1. The van der Waals surface area contributed by atoms with Gasteiger partial charge in [-0.15, -0.1) is 0 Å². The molecule has 1 saturated carbocycles. The Morgan fingerprint density at radius 3 is 2.42 bits per heavy atom. The van der Waals surface area contributed by atoms with E-state index in [2.05, 4.69) is 88.8 Å².